The number of pyridine rings is 1. The first-order valence-electron chi connectivity index (χ1n) is 7.45. The smallest absolute Gasteiger partial charge is 0.350 e. The Morgan fingerprint density at radius 2 is 1.85 bits per heavy atom. The number of amides is 1. The average molecular weight is 381 g/mol. The molecule has 8 heteroatoms. The van der Waals surface area contributed by atoms with Crippen LogP contribution in [0.2, 0.25) is 5.02 Å². The maximum Gasteiger partial charge on any atom is 0.417 e. The number of hydrogen-bond donors (Lipinski definition) is 1. The molecule has 0 atom stereocenters. The van der Waals surface area contributed by atoms with E-state index in [2.05, 4.69) is 5.32 Å². The van der Waals surface area contributed by atoms with Crippen molar-refractivity contribution in [3.8, 4) is 0 Å². The number of para-hydroxylation sites is 1. The second-order valence-electron chi connectivity index (χ2n) is 5.65. The van der Waals surface area contributed by atoms with Crippen molar-refractivity contribution in [2.75, 3.05) is 5.32 Å². The standard InChI is InChI=1S/C18H12ClF3N2O2/c1-24-9-12(16(25)11-4-2-3-5-15(11)24)17(26)23-10-6-7-14(19)13(8-10)18(20,21)22/h2-9H,1H3,(H,23,26). The van der Waals surface area contributed by atoms with Crippen LogP contribution in [0.3, 0.4) is 0 Å². The number of rotatable bonds is 2. The van der Waals surface area contributed by atoms with Crippen LogP contribution in [-0.2, 0) is 13.2 Å². The van der Waals surface area contributed by atoms with E-state index in [1.165, 1.54) is 12.3 Å². The molecule has 0 saturated carbocycles. The third-order valence-electron chi connectivity index (χ3n) is 3.87. The van der Waals surface area contributed by atoms with Crippen LogP contribution in [0.15, 0.2) is 53.5 Å². The van der Waals surface area contributed by atoms with Crippen molar-refractivity contribution in [1.29, 1.82) is 0 Å². The second kappa shape index (κ2) is 6.49. The van der Waals surface area contributed by atoms with Crippen molar-refractivity contribution in [2.45, 2.75) is 6.18 Å². The Hall–Kier alpha value is -2.80. The number of alkyl halides is 3. The summed E-state index contributed by atoms with van der Waals surface area (Å²) in [5.74, 6) is -0.799. The number of nitrogens with zero attached hydrogens (tertiary/aromatic N) is 1. The number of aryl methyl sites for hydroxylation is 1. The normalized spacial score (nSPS) is 11.6. The molecule has 0 unspecified atom stereocenters. The van der Waals surface area contributed by atoms with Crippen LogP contribution in [0.25, 0.3) is 10.9 Å². The van der Waals surface area contributed by atoms with Gasteiger partial charge in [0.2, 0.25) is 5.43 Å². The molecule has 0 radical (unpaired) electrons. The lowest BCUT2D eigenvalue weighted by molar-refractivity contribution is -0.137. The summed E-state index contributed by atoms with van der Waals surface area (Å²) >= 11 is 5.56. The molecule has 0 saturated heterocycles. The Kier molecular flexibility index (Phi) is 4.50. The van der Waals surface area contributed by atoms with Crippen molar-refractivity contribution in [3.63, 3.8) is 0 Å². The van der Waals surface area contributed by atoms with Gasteiger partial charge in [-0.15, -0.1) is 0 Å². The van der Waals surface area contributed by atoms with E-state index in [9.17, 15) is 22.8 Å². The summed E-state index contributed by atoms with van der Waals surface area (Å²) in [5.41, 5.74) is -1.21. The molecule has 3 aromatic rings. The summed E-state index contributed by atoms with van der Waals surface area (Å²) in [4.78, 5) is 25.0. The zero-order chi connectivity index (χ0) is 19.1. The molecule has 0 spiro atoms. The van der Waals surface area contributed by atoms with E-state index in [4.69, 9.17) is 11.6 Å². The Morgan fingerprint density at radius 1 is 1.15 bits per heavy atom. The molecule has 0 aliphatic carbocycles. The largest absolute Gasteiger partial charge is 0.417 e. The number of benzene rings is 2. The first-order chi connectivity index (χ1) is 12.2. The molecule has 0 aliphatic heterocycles. The zero-order valence-electron chi connectivity index (χ0n) is 13.4. The maximum absolute atomic E-state index is 12.9. The van der Waals surface area contributed by atoms with Gasteiger partial charge in [-0.2, -0.15) is 13.2 Å². The predicted molar refractivity (Wildman–Crippen MR) is 93.6 cm³/mol. The molecule has 1 aromatic heterocycles. The van der Waals surface area contributed by atoms with Gasteiger partial charge in [0.05, 0.1) is 16.1 Å². The highest BCUT2D eigenvalue weighted by Crippen LogP contribution is 2.36. The first kappa shape index (κ1) is 18.0. The molecule has 0 bridgehead atoms. The monoisotopic (exact) mass is 380 g/mol. The Balaban J connectivity index is 2.01. The highest BCUT2D eigenvalue weighted by Gasteiger charge is 2.33. The van der Waals surface area contributed by atoms with Gasteiger partial charge in [0.25, 0.3) is 5.91 Å². The Morgan fingerprint density at radius 3 is 2.54 bits per heavy atom. The number of carbonyl (C=O) groups excluding carboxylic acids is 1. The van der Waals surface area contributed by atoms with E-state index >= 15 is 0 Å². The van der Waals surface area contributed by atoms with E-state index in [0.717, 1.165) is 12.1 Å². The number of hydrogen-bond acceptors (Lipinski definition) is 2. The zero-order valence-corrected chi connectivity index (χ0v) is 14.2. The summed E-state index contributed by atoms with van der Waals surface area (Å²) in [6.45, 7) is 0. The van der Waals surface area contributed by atoms with E-state index in [0.29, 0.717) is 10.9 Å². The summed E-state index contributed by atoms with van der Waals surface area (Å²) < 4.78 is 40.4. The molecule has 3 rings (SSSR count). The molecule has 4 nitrogen and oxygen atoms in total. The number of nitrogens with one attached hydrogen (secondary N) is 1. The van der Waals surface area contributed by atoms with E-state index in [1.807, 2.05) is 0 Å². The first-order valence-corrected chi connectivity index (χ1v) is 7.83. The third-order valence-corrected chi connectivity index (χ3v) is 4.20. The molecule has 134 valence electrons. The topological polar surface area (TPSA) is 51.1 Å². The quantitative estimate of drug-likeness (QED) is 0.713. The van der Waals surface area contributed by atoms with Crippen molar-refractivity contribution in [3.05, 3.63) is 75.0 Å². The van der Waals surface area contributed by atoms with E-state index in [-0.39, 0.29) is 11.3 Å². The van der Waals surface area contributed by atoms with Crippen LogP contribution in [0.4, 0.5) is 18.9 Å². The highest BCUT2D eigenvalue weighted by molar-refractivity contribution is 6.31. The van der Waals surface area contributed by atoms with Gasteiger partial charge in [-0.3, -0.25) is 9.59 Å². The summed E-state index contributed by atoms with van der Waals surface area (Å²) in [6, 6.07) is 9.74. The molecule has 26 heavy (non-hydrogen) atoms. The molecule has 0 aliphatic rings. The van der Waals surface area contributed by atoms with E-state index in [1.54, 1.807) is 35.9 Å². The molecular weight excluding hydrogens is 369 g/mol. The summed E-state index contributed by atoms with van der Waals surface area (Å²) in [7, 11) is 1.67. The minimum absolute atomic E-state index is 0.109. The number of carbonyl (C=O) groups is 1. The molecule has 1 amide bonds. The fourth-order valence-electron chi connectivity index (χ4n) is 2.62. The van der Waals surface area contributed by atoms with Crippen molar-refractivity contribution >= 4 is 34.1 Å². The van der Waals surface area contributed by atoms with Gasteiger partial charge in [-0.1, -0.05) is 23.7 Å². The van der Waals surface area contributed by atoms with Gasteiger partial charge in [0, 0.05) is 24.3 Å². The predicted octanol–water partition coefficient (Wildman–Crippen LogP) is 4.46. The van der Waals surface area contributed by atoms with Crippen LogP contribution in [-0.4, -0.2) is 10.5 Å². The second-order valence-corrected chi connectivity index (χ2v) is 6.05. The maximum atomic E-state index is 12.9. The van der Waals surface area contributed by atoms with Gasteiger partial charge >= 0.3 is 6.18 Å². The number of halogens is 4. The molecule has 1 N–H and O–H groups in total. The lowest BCUT2D eigenvalue weighted by Gasteiger charge is -2.12. The van der Waals surface area contributed by atoms with Crippen molar-refractivity contribution in [1.82, 2.24) is 4.57 Å². The highest BCUT2D eigenvalue weighted by atomic mass is 35.5. The fraction of sp³-hybridized carbons (Fsp3) is 0.111. The van der Waals surface area contributed by atoms with Crippen LogP contribution in [0.5, 0.6) is 0 Å². The summed E-state index contributed by atoms with van der Waals surface area (Å²) in [5, 5.41) is 2.19. The van der Waals surface area contributed by atoms with Gasteiger partial charge in [-0.25, -0.2) is 0 Å². The fourth-order valence-corrected chi connectivity index (χ4v) is 2.85. The Labute approximate surface area is 150 Å². The molecule has 1 heterocycles. The van der Waals surface area contributed by atoms with Gasteiger partial charge in [0.15, 0.2) is 0 Å². The van der Waals surface area contributed by atoms with Crippen LogP contribution < -0.4 is 10.7 Å². The Bertz CT molecular complexity index is 1070. The number of fused-ring (bicyclic) bond motifs is 1. The lowest BCUT2D eigenvalue weighted by Crippen LogP contribution is -2.23. The van der Waals surface area contributed by atoms with Crippen molar-refractivity contribution < 1.29 is 18.0 Å². The molecular formula is C18H12ClF3N2O2. The SMILES string of the molecule is Cn1cc(C(=O)Nc2ccc(Cl)c(C(F)(F)F)c2)c(=O)c2ccccc21. The lowest BCUT2D eigenvalue weighted by atomic mass is 10.1. The van der Waals surface area contributed by atoms with Crippen LogP contribution in [0, 0.1) is 0 Å². The minimum atomic E-state index is -4.66. The minimum Gasteiger partial charge on any atom is -0.350 e. The number of anilines is 1. The van der Waals surface area contributed by atoms with Crippen LogP contribution in [0.1, 0.15) is 15.9 Å². The average Bonchev–Trinajstić information content (AvgIpc) is 2.58. The number of aromatic nitrogens is 1. The van der Waals surface area contributed by atoms with Gasteiger partial charge in [0.1, 0.15) is 5.56 Å². The van der Waals surface area contributed by atoms with Gasteiger partial charge < -0.3 is 9.88 Å². The van der Waals surface area contributed by atoms with Crippen LogP contribution >= 0.6 is 11.6 Å². The van der Waals surface area contributed by atoms with Gasteiger partial charge in [-0.05, 0) is 30.3 Å². The summed E-state index contributed by atoms with van der Waals surface area (Å²) in [6.07, 6.45) is -3.31. The van der Waals surface area contributed by atoms with Crippen molar-refractivity contribution in [2.24, 2.45) is 7.05 Å². The third kappa shape index (κ3) is 3.30. The molecule has 0 fully saturated rings. The van der Waals surface area contributed by atoms with E-state index < -0.39 is 28.1 Å². The molecule has 2 aromatic carbocycles.